The van der Waals surface area contributed by atoms with Gasteiger partial charge in [-0.25, -0.2) is 13.9 Å². The first-order chi connectivity index (χ1) is 18.9. The second kappa shape index (κ2) is 10.1. The van der Waals surface area contributed by atoms with E-state index in [1.54, 1.807) is 16.6 Å². The lowest BCUT2D eigenvalue weighted by Gasteiger charge is -2.33. The molecule has 1 atom stereocenters. The molecule has 0 radical (unpaired) electrons. The summed E-state index contributed by atoms with van der Waals surface area (Å²) in [7, 11) is 0. The number of carbonyl (C=O) groups is 2. The van der Waals surface area contributed by atoms with Gasteiger partial charge in [-0.1, -0.05) is 49.0 Å². The van der Waals surface area contributed by atoms with Crippen LogP contribution in [0.5, 0.6) is 0 Å². The van der Waals surface area contributed by atoms with Crippen LogP contribution in [0.3, 0.4) is 0 Å². The summed E-state index contributed by atoms with van der Waals surface area (Å²) in [5, 5.41) is 8.26. The van der Waals surface area contributed by atoms with Crippen molar-refractivity contribution in [2.75, 3.05) is 13.1 Å². The average molecular weight is 525 g/mol. The highest BCUT2D eigenvalue weighted by molar-refractivity contribution is 5.91. The number of nitrogens with two attached hydrogens (primary N) is 1. The van der Waals surface area contributed by atoms with Crippen LogP contribution in [-0.4, -0.2) is 50.4 Å². The smallest absolute Gasteiger partial charge is 0.281 e. The van der Waals surface area contributed by atoms with Crippen LogP contribution >= 0.6 is 0 Å². The molecule has 4 aromatic rings. The molecule has 0 bridgehead atoms. The van der Waals surface area contributed by atoms with Crippen LogP contribution in [0.4, 0.5) is 4.39 Å². The van der Waals surface area contributed by atoms with E-state index in [0.29, 0.717) is 18.7 Å². The highest BCUT2D eigenvalue weighted by atomic mass is 19.1. The van der Waals surface area contributed by atoms with Gasteiger partial charge in [0, 0.05) is 36.3 Å². The van der Waals surface area contributed by atoms with Gasteiger partial charge < -0.3 is 16.0 Å². The Morgan fingerprint density at radius 1 is 1.00 bits per heavy atom. The molecule has 1 aliphatic heterocycles. The van der Waals surface area contributed by atoms with Crippen molar-refractivity contribution in [2.24, 2.45) is 5.73 Å². The van der Waals surface area contributed by atoms with Gasteiger partial charge in [0.05, 0.1) is 5.69 Å². The van der Waals surface area contributed by atoms with Crippen LogP contribution in [0.25, 0.3) is 28.2 Å². The number of halogens is 1. The van der Waals surface area contributed by atoms with E-state index < -0.39 is 17.6 Å². The third-order valence-electron chi connectivity index (χ3n) is 7.72. The molecule has 3 N–H and O–H groups in total. The number of primary amides is 1. The lowest BCUT2D eigenvalue weighted by atomic mass is 9.99. The zero-order chi connectivity index (χ0) is 27.1. The minimum atomic E-state index is -0.896. The van der Waals surface area contributed by atoms with Crippen LogP contribution in [-0.2, 0) is 11.2 Å². The van der Waals surface area contributed by atoms with Crippen molar-refractivity contribution in [3.63, 3.8) is 0 Å². The Kier molecular flexibility index (Phi) is 6.44. The maximum Gasteiger partial charge on any atom is 0.281 e. The number of amides is 2. The van der Waals surface area contributed by atoms with E-state index in [-0.39, 0.29) is 17.8 Å². The number of aryl methyl sites for hydroxylation is 1. The zero-order valence-corrected chi connectivity index (χ0v) is 21.4. The third kappa shape index (κ3) is 4.70. The molecular weight excluding hydrogens is 495 g/mol. The second-order valence-corrected chi connectivity index (χ2v) is 10.2. The van der Waals surface area contributed by atoms with Crippen molar-refractivity contribution in [3.05, 3.63) is 89.9 Å². The fourth-order valence-corrected chi connectivity index (χ4v) is 5.76. The van der Waals surface area contributed by atoms with Gasteiger partial charge in [-0.3, -0.25) is 9.59 Å². The molecule has 2 amide bonds. The molecule has 0 saturated carbocycles. The van der Waals surface area contributed by atoms with Crippen LogP contribution < -0.4 is 11.1 Å². The number of carbonyl (C=O) groups excluding carboxylic acids is 2. The summed E-state index contributed by atoms with van der Waals surface area (Å²) in [4.78, 5) is 30.1. The molecule has 39 heavy (non-hydrogen) atoms. The van der Waals surface area contributed by atoms with Crippen molar-refractivity contribution in [1.82, 2.24) is 24.8 Å². The number of imidazole rings is 1. The number of hydrogen-bond donors (Lipinski definition) is 2. The molecule has 1 aliphatic carbocycles. The summed E-state index contributed by atoms with van der Waals surface area (Å²) >= 11 is 0. The Hall–Kier alpha value is -4.37. The normalized spacial score (nSPS) is 17.4. The fourth-order valence-electron chi connectivity index (χ4n) is 5.76. The monoisotopic (exact) mass is 524 g/mol. The van der Waals surface area contributed by atoms with Gasteiger partial charge in [0.15, 0.2) is 11.5 Å². The highest BCUT2D eigenvalue weighted by Gasteiger charge is 2.29. The number of hydrogen-bond acceptors (Lipinski definition) is 5. The van der Waals surface area contributed by atoms with E-state index in [0.717, 1.165) is 48.2 Å². The second-order valence-electron chi connectivity index (χ2n) is 10.2. The van der Waals surface area contributed by atoms with E-state index in [4.69, 9.17) is 10.7 Å². The molecule has 1 saturated heterocycles. The molecule has 2 aromatic heterocycles. The van der Waals surface area contributed by atoms with Gasteiger partial charge >= 0.3 is 0 Å². The summed E-state index contributed by atoms with van der Waals surface area (Å²) in [6.45, 7) is 4.19. The number of benzene rings is 2. The Bertz CT molecular complexity index is 1590. The predicted octanol–water partition coefficient (Wildman–Crippen LogP) is 4.21. The minimum absolute atomic E-state index is 0.177. The first kappa shape index (κ1) is 24.9. The summed E-state index contributed by atoms with van der Waals surface area (Å²) in [6, 6.07) is 20.2. The van der Waals surface area contributed by atoms with Crippen LogP contribution in [0, 0.1) is 0 Å². The first-order valence-electron chi connectivity index (χ1n) is 13.2. The third-order valence-corrected chi connectivity index (χ3v) is 7.72. The van der Waals surface area contributed by atoms with Crippen molar-refractivity contribution in [2.45, 2.75) is 37.8 Å². The van der Waals surface area contributed by atoms with Crippen molar-refractivity contribution >= 4 is 17.5 Å². The predicted molar refractivity (Wildman–Crippen MR) is 146 cm³/mol. The van der Waals surface area contributed by atoms with Gasteiger partial charge in [0.1, 0.15) is 11.4 Å². The number of rotatable bonds is 6. The summed E-state index contributed by atoms with van der Waals surface area (Å²) in [5.41, 5.74) is 12.4. The van der Waals surface area contributed by atoms with Gasteiger partial charge in [-0.2, -0.15) is 5.10 Å². The number of nitrogens with one attached hydrogen (secondary N) is 1. The summed E-state index contributed by atoms with van der Waals surface area (Å²) in [6.07, 6.45) is 3.49. The molecule has 198 valence electrons. The summed E-state index contributed by atoms with van der Waals surface area (Å²) < 4.78 is 14.9. The van der Waals surface area contributed by atoms with E-state index >= 15 is 0 Å². The van der Waals surface area contributed by atoms with Crippen LogP contribution in [0.1, 0.15) is 46.9 Å². The number of piperidine rings is 1. The average Bonchev–Trinajstić information content (AvgIpc) is 3.54. The van der Waals surface area contributed by atoms with E-state index in [1.165, 1.54) is 16.0 Å². The maximum atomic E-state index is 13.2. The van der Waals surface area contributed by atoms with Gasteiger partial charge in [-0.15, -0.1) is 0 Å². The van der Waals surface area contributed by atoms with Crippen molar-refractivity contribution in [1.29, 1.82) is 0 Å². The van der Waals surface area contributed by atoms with Gasteiger partial charge in [-0.05, 0) is 55.0 Å². The van der Waals surface area contributed by atoms with E-state index in [1.807, 2.05) is 30.3 Å². The molecule has 8 nitrogen and oxygen atoms in total. The fraction of sp³-hybridized carbons (Fsp3) is 0.267. The van der Waals surface area contributed by atoms with Gasteiger partial charge in [0.2, 0.25) is 0 Å². The molecule has 9 heteroatoms. The molecule has 3 heterocycles. The standard InChI is InChI=1S/C30H29FN6O2/c1-18(31)30(39)36-15-13-22(14-16-36)33-24-10-8-20-17-21(7-9-23(20)24)27-28(19-5-3-2-4-6-19)37-26(34-27)12-11-25(35-37)29(32)38/h2-7,9,11-12,17,22,24,33H,1,8,10,13-16H2,(H2,32,38)/t24-/m0/s1. The molecule has 2 aromatic carbocycles. The maximum absolute atomic E-state index is 13.2. The number of nitrogens with zero attached hydrogens (tertiary/aromatic N) is 4. The minimum Gasteiger partial charge on any atom is -0.364 e. The lowest BCUT2D eigenvalue weighted by Crippen LogP contribution is -2.45. The molecular formula is C30H29FN6O2. The first-order valence-corrected chi connectivity index (χ1v) is 13.2. The van der Waals surface area contributed by atoms with E-state index in [9.17, 15) is 14.0 Å². The molecule has 2 aliphatic rings. The number of aromatic nitrogens is 3. The molecule has 6 rings (SSSR count). The lowest BCUT2D eigenvalue weighted by molar-refractivity contribution is -0.129. The Balaban J connectivity index is 1.28. The number of likely N-dealkylation sites (tertiary alicyclic amines) is 1. The van der Waals surface area contributed by atoms with Crippen LogP contribution in [0.15, 0.2) is 73.1 Å². The van der Waals surface area contributed by atoms with Crippen LogP contribution in [0.2, 0.25) is 0 Å². The largest absolute Gasteiger partial charge is 0.364 e. The Morgan fingerprint density at radius 2 is 1.77 bits per heavy atom. The zero-order valence-electron chi connectivity index (χ0n) is 21.4. The highest BCUT2D eigenvalue weighted by Crippen LogP contribution is 2.38. The van der Waals surface area contributed by atoms with Crippen molar-refractivity contribution < 1.29 is 14.0 Å². The Labute approximate surface area is 225 Å². The van der Waals surface area contributed by atoms with E-state index in [2.05, 4.69) is 35.2 Å². The van der Waals surface area contributed by atoms with Gasteiger partial charge in [0.25, 0.3) is 11.8 Å². The SMILES string of the molecule is C=C(F)C(=O)N1CCC(N[C@H]2CCc3cc(-c4nc5ccc(C(N)=O)nn5c4-c4ccccc4)ccc32)CC1. The topological polar surface area (TPSA) is 106 Å². The molecule has 0 spiro atoms. The Morgan fingerprint density at radius 3 is 2.49 bits per heavy atom. The quantitative estimate of drug-likeness (QED) is 0.368. The molecule has 1 fully saturated rings. The number of fused-ring (bicyclic) bond motifs is 2. The molecule has 0 unspecified atom stereocenters. The van der Waals surface area contributed by atoms with Crippen molar-refractivity contribution in [3.8, 4) is 22.5 Å². The summed E-state index contributed by atoms with van der Waals surface area (Å²) in [5.74, 6) is -2.09.